The van der Waals surface area contributed by atoms with Gasteiger partial charge in [-0.15, -0.1) is 0 Å². The second-order valence-corrected chi connectivity index (χ2v) is 11.8. The van der Waals surface area contributed by atoms with Gasteiger partial charge in [-0.1, -0.05) is 98.8 Å². The van der Waals surface area contributed by atoms with E-state index in [1.165, 1.54) is 67.0 Å². The number of rotatable bonds is 5. The molecule has 1 nitrogen and oxygen atoms in total. The Morgan fingerprint density at radius 2 is 1.21 bits per heavy atom. The SMILES string of the molecule is Cc1cc2c(cc1-c1ccc(N(c3cc(-c4ccccc4)ccc3C)C(C)C)cc1)C(C)(C)c1ccccc1-2. The fraction of sp³-hybridized carbons (Fsp3) is 0.211. The van der Waals surface area contributed by atoms with Crippen LogP contribution in [0.4, 0.5) is 11.4 Å². The molecule has 39 heavy (non-hydrogen) atoms. The Hall–Kier alpha value is -4.10. The highest BCUT2D eigenvalue weighted by Gasteiger charge is 2.35. The average molecular weight is 508 g/mol. The van der Waals surface area contributed by atoms with Gasteiger partial charge in [-0.05, 0) is 108 Å². The van der Waals surface area contributed by atoms with Crippen molar-refractivity contribution < 1.29 is 0 Å². The lowest BCUT2D eigenvalue weighted by atomic mass is 9.81. The number of aryl methyl sites for hydroxylation is 2. The molecule has 0 saturated carbocycles. The maximum absolute atomic E-state index is 2.46. The molecule has 194 valence electrons. The number of nitrogens with zero attached hydrogens (tertiary/aromatic N) is 1. The summed E-state index contributed by atoms with van der Waals surface area (Å²) in [7, 11) is 0. The summed E-state index contributed by atoms with van der Waals surface area (Å²) in [4.78, 5) is 2.46. The maximum atomic E-state index is 2.46. The fourth-order valence-corrected chi connectivity index (χ4v) is 6.36. The van der Waals surface area contributed by atoms with Gasteiger partial charge in [0.2, 0.25) is 0 Å². The van der Waals surface area contributed by atoms with Gasteiger partial charge >= 0.3 is 0 Å². The lowest BCUT2D eigenvalue weighted by Gasteiger charge is -2.31. The molecule has 0 aliphatic heterocycles. The van der Waals surface area contributed by atoms with E-state index in [1.807, 2.05) is 0 Å². The molecule has 0 N–H and O–H groups in total. The van der Waals surface area contributed by atoms with Crippen LogP contribution in [0.3, 0.4) is 0 Å². The minimum atomic E-state index is 0.00402. The van der Waals surface area contributed by atoms with Crippen LogP contribution in [-0.2, 0) is 5.41 Å². The normalized spacial score (nSPS) is 13.3. The molecule has 0 heterocycles. The van der Waals surface area contributed by atoms with Crippen molar-refractivity contribution in [2.45, 2.75) is 53.0 Å². The topological polar surface area (TPSA) is 3.24 Å². The summed E-state index contributed by atoms with van der Waals surface area (Å²) in [6, 6.07) is 40.7. The standard InChI is InChI=1S/C38H37N/c1-25(2)39(37-23-30(17-16-26(37)3)28-12-8-7-9-13-28)31-20-18-29(19-21-31)33-24-36-34(22-27(33)4)32-14-10-11-15-35(32)38(36,5)6/h7-25H,1-6H3. The van der Waals surface area contributed by atoms with Crippen LogP contribution >= 0.6 is 0 Å². The van der Waals surface area contributed by atoms with Crippen LogP contribution in [0.15, 0.2) is 109 Å². The van der Waals surface area contributed by atoms with Gasteiger partial charge in [0.1, 0.15) is 0 Å². The summed E-state index contributed by atoms with van der Waals surface area (Å²) in [5, 5.41) is 0. The summed E-state index contributed by atoms with van der Waals surface area (Å²) in [5.74, 6) is 0. The maximum Gasteiger partial charge on any atom is 0.0449 e. The van der Waals surface area contributed by atoms with Crippen molar-refractivity contribution in [2.75, 3.05) is 4.90 Å². The molecule has 0 atom stereocenters. The molecule has 0 fully saturated rings. The number of hydrogen-bond acceptors (Lipinski definition) is 1. The quantitative estimate of drug-likeness (QED) is 0.229. The minimum Gasteiger partial charge on any atom is -0.339 e. The van der Waals surface area contributed by atoms with Crippen molar-refractivity contribution in [1.29, 1.82) is 0 Å². The van der Waals surface area contributed by atoms with Crippen LogP contribution in [0.1, 0.15) is 49.9 Å². The van der Waals surface area contributed by atoms with E-state index >= 15 is 0 Å². The number of hydrogen-bond donors (Lipinski definition) is 0. The zero-order chi connectivity index (χ0) is 27.3. The lowest BCUT2D eigenvalue weighted by molar-refractivity contribution is 0.660. The molecular formula is C38H37N. The molecule has 1 heteroatoms. The summed E-state index contributed by atoms with van der Waals surface area (Å²) < 4.78 is 0. The third kappa shape index (κ3) is 4.27. The first kappa shape index (κ1) is 25.2. The predicted octanol–water partition coefficient (Wildman–Crippen LogP) is 10.5. The Kier molecular flexibility index (Phi) is 6.19. The summed E-state index contributed by atoms with van der Waals surface area (Å²) in [6.07, 6.45) is 0. The van der Waals surface area contributed by atoms with Crippen LogP contribution in [0.25, 0.3) is 33.4 Å². The van der Waals surface area contributed by atoms with Gasteiger partial charge in [0.05, 0.1) is 0 Å². The second-order valence-electron chi connectivity index (χ2n) is 11.8. The molecular weight excluding hydrogens is 470 g/mol. The second kappa shape index (κ2) is 9.58. The Morgan fingerprint density at radius 1 is 0.538 bits per heavy atom. The van der Waals surface area contributed by atoms with Crippen molar-refractivity contribution in [1.82, 2.24) is 0 Å². The third-order valence-electron chi connectivity index (χ3n) is 8.48. The predicted molar refractivity (Wildman–Crippen MR) is 168 cm³/mol. The Morgan fingerprint density at radius 3 is 1.92 bits per heavy atom. The average Bonchev–Trinajstić information content (AvgIpc) is 3.16. The van der Waals surface area contributed by atoms with Crippen molar-refractivity contribution in [3.63, 3.8) is 0 Å². The first-order valence-corrected chi connectivity index (χ1v) is 14.1. The molecule has 0 aromatic heterocycles. The molecule has 1 aliphatic rings. The van der Waals surface area contributed by atoms with Gasteiger partial charge in [0.25, 0.3) is 0 Å². The summed E-state index contributed by atoms with van der Waals surface area (Å²) >= 11 is 0. The minimum absolute atomic E-state index is 0.00402. The van der Waals surface area contributed by atoms with E-state index in [2.05, 4.69) is 156 Å². The van der Waals surface area contributed by atoms with E-state index < -0.39 is 0 Å². The van der Waals surface area contributed by atoms with E-state index in [4.69, 9.17) is 0 Å². The Balaban J connectivity index is 1.38. The number of benzene rings is 5. The largest absolute Gasteiger partial charge is 0.339 e. The van der Waals surface area contributed by atoms with Crippen molar-refractivity contribution in [2.24, 2.45) is 0 Å². The van der Waals surface area contributed by atoms with Crippen LogP contribution in [-0.4, -0.2) is 6.04 Å². The van der Waals surface area contributed by atoms with E-state index in [-0.39, 0.29) is 5.41 Å². The summed E-state index contributed by atoms with van der Waals surface area (Å²) in [5.41, 5.74) is 15.8. The highest BCUT2D eigenvalue weighted by molar-refractivity contribution is 5.85. The summed E-state index contributed by atoms with van der Waals surface area (Å²) in [6.45, 7) is 13.7. The highest BCUT2D eigenvalue weighted by atomic mass is 15.2. The number of fused-ring (bicyclic) bond motifs is 3. The van der Waals surface area contributed by atoms with E-state index in [9.17, 15) is 0 Å². The monoisotopic (exact) mass is 507 g/mol. The van der Waals surface area contributed by atoms with Gasteiger partial charge in [0.15, 0.2) is 0 Å². The van der Waals surface area contributed by atoms with Crippen LogP contribution in [0.2, 0.25) is 0 Å². The van der Waals surface area contributed by atoms with Crippen molar-refractivity contribution in [3.8, 4) is 33.4 Å². The Labute approximate surface area is 233 Å². The zero-order valence-corrected chi connectivity index (χ0v) is 23.9. The lowest BCUT2D eigenvalue weighted by Crippen LogP contribution is -2.26. The zero-order valence-electron chi connectivity index (χ0n) is 23.9. The van der Waals surface area contributed by atoms with Crippen molar-refractivity contribution >= 4 is 11.4 Å². The van der Waals surface area contributed by atoms with Gasteiger partial charge in [-0.2, -0.15) is 0 Å². The van der Waals surface area contributed by atoms with Crippen LogP contribution < -0.4 is 4.90 Å². The first-order chi connectivity index (χ1) is 18.8. The van der Waals surface area contributed by atoms with Gasteiger partial charge in [-0.25, -0.2) is 0 Å². The van der Waals surface area contributed by atoms with Crippen LogP contribution in [0.5, 0.6) is 0 Å². The van der Waals surface area contributed by atoms with Gasteiger partial charge in [0, 0.05) is 22.8 Å². The van der Waals surface area contributed by atoms with E-state index in [0.717, 1.165) is 0 Å². The molecule has 5 aromatic carbocycles. The smallest absolute Gasteiger partial charge is 0.0449 e. The molecule has 6 rings (SSSR count). The van der Waals surface area contributed by atoms with E-state index in [1.54, 1.807) is 0 Å². The van der Waals surface area contributed by atoms with Crippen molar-refractivity contribution in [3.05, 3.63) is 131 Å². The van der Waals surface area contributed by atoms with Gasteiger partial charge < -0.3 is 4.90 Å². The third-order valence-corrected chi connectivity index (χ3v) is 8.48. The molecule has 5 aromatic rings. The number of anilines is 2. The fourth-order valence-electron chi connectivity index (χ4n) is 6.36. The molecule has 0 unspecified atom stereocenters. The first-order valence-electron chi connectivity index (χ1n) is 14.1. The van der Waals surface area contributed by atoms with E-state index in [0.29, 0.717) is 6.04 Å². The molecule has 0 bridgehead atoms. The van der Waals surface area contributed by atoms with Crippen LogP contribution in [0, 0.1) is 13.8 Å². The molecule has 0 amide bonds. The molecule has 0 spiro atoms. The molecule has 1 aliphatic carbocycles. The molecule has 0 saturated heterocycles. The van der Waals surface area contributed by atoms with Gasteiger partial charge in [-0.3, -0.25) is 0 Å². The molecule has 0 radical (unpaired) electrons. The highest BCUT2D eigenvalue weighted by Crippen LogP contribution is 2.50. The Bertz CT molecular complexity index is 1660.